The molecule has 0 saturated carbocycles. The summed E-state index contributed by atoms with van der Waals surface area (Å²) in [5.74, 6) is -0.228. The van der Waals surface area contributed by atoms with Gasteiger partial charge < -0.3 is 0 Å². The van der Waals surface area contributed by atoms with Crippen LogP contribution in [0.1, 0.15) is 23.1 Å². The van der Waals surface area contributed by atoms with Crippen LogP contribution in [0, 0.1) is 5.82 Å². The fraction of sp³-hybridized carbons (Fsp3) is 0.231. The monoisotopic (exact) mass is 425 g/mol. The topological polar surface area (TPSA) is 3.24 Å². The van der Waals surface area contributed by atoms with E-state index in [1.54, 1.807) is 12.1 Å². The minimum atomic E-state index is -4.33. The summed E-state index contributed by atoms with van der Waals surface area (Å²) in [5, 5.41) is 0. The van der Waals surface area contributed by atoms with Crippen molar-refractivity contribution in [1.82, 2.24) is 4.90 Å². The van der Waals surface area contributed by atoms with Crippen molar-refractivity contribution < 1.29 is 17.6 Å². The van der Waals surface area contributed by atoms with Crippen LogP contribution in [0.2, 0.25) is 0 Å². The van der Waals surface area contributed by atoms with E-state index in [4.69, 9.17) is 0 Å². The van der Waals surface area contributed by atoms with Crippen molar-refractivity contribution in [2.24, 2.45) is 0 Å². The molecule has 1 nitrogen and oxygen atoms in total. The fourth-order valence-electron chi connectivity index (χ4n) is 3.92. The molecule has 0 atom stereocenters. The normalized spacial score (nSPS) is 15.0. The molecule has 1 aliphatic rings. The third kappa shape index (κ3) is 5.23. The first-order chi connectivity index (χ1) is 14.9. The molecule has 0 spiro atoms. The maximum absolute atomic E-state index is 14.6. The Kier molecular flexibility index (Phi) is 6.23. The van der Waals surface area contributed by atoms with Gasteiger partial charge in [-0.1, -0.05) is 60.7 Å². The zero-order valence-corrected chi connectivity index (χ0v) is 17.0. The van der Waals surface area contributed by atoms with Crippen LogP contribution in [0.3, 0.4) is 0 Å². The number of nitrogens with zero attached hydrogens (tertiary/aromatic N) is 1. The van der Waals surface area contributed by atoms with Gasteiger partial charge >= 0.3 is 6.18 Å². The van der Waals surface area contributed by atoms with Crippen LogP contribution in [0.4, 0.5) is 17.6 Å². The largest absolute Gasteiger partial charge is 0.416 e. The van der Waals surface area contributed by atoms with Gasteiger partial charge in [0.05, 0.1) is 5.56 Å². The molecule has 5 heteroatoms. The van der Waals surface area contributed by atoms with Gasteiger partial charge in [-0.2, -0.15) is 13.2 Å². The molecule has 0 unspecified atom stereocenters. The predicted octanol–water partition coefficient (Wildman–Crippen LogP) is 6.84. The number of benzene rings is 3. The highest BCUT2D eigenvalue weighted by Gasteiger charge is 2.30. The molecule has 0 radical (unpaired) electrons. The lowest BCUT2D eigenvalue weighted by atomic mass is 9.97. The Morgan fingerprint density at radius 2 is 1.61 bits per heavy atom. The summed E-state index contributed by atoms with van der Waals surface area (Å²) in [7, 11) is 0. The summed E-state index contributed by atoms with van der Waals surface area (Å²) in [6.07, 6.45) is -0.915. The lowest BCUT2D eigenvalue weighted by Gasteiger charge is -2.26. The van der Waals surface area contributed by atoms with Crippen molar-refractivity contribution >= 4 is 5.57 Å². The summed E-state index contributed by atoms with van der Waals surface area (Å²) in [6, 6.07) is 20.3. The number of halogens is 4. The molecule has 0 fully saturated rings. The van der Waals surface area contributed by atoms with Gasteiger partial charge in [-0.05, 0) is 53.3 Å². The quantitative estimate of drug-likeness (QED) is 0.405. The van der Waals surface area contributed by atoms with E-state index in [0.29, 0.717) is 24.1 Å². The van der Waals surface area contributed by atoms with E-state index in [1.807, 2.05) is 48.5 Å². The van der Waals surface area contributed by atoms with E-state index in [9.17, 15) is 17.6 Å². The number of alkyl halides is 3. The second kappa shape index (κ2) is 9.06. The van der Waals surface area contributed by atoms with Crippen LogP contribution >= 0.6 is 0 Å². The molecular weight excluding hydrogens is 402 g/mol. The Bertz CT molecular complexity index is 1070. The van der Waals surface area contributed by atoms with E-state index < -0.39 is 11.7 Å². The molecule has 0 saturated heterocycles. The van der Waals surface area contributed by atoms with Crippen molar-refractivity contribution in [3.8, 4) is 11.1 Å². The third-order valence-electron chi connectivity index (χ3n) is 5.69. The average Bonchev–Trinajstić information content (AvgIpc) is 2.78. The summed E-state index contributed by atoms with van der Waals surface area (Å²) in [5.41, 5.74) is 3.35. The molecule has 0 aliphatic carbocycles. The van der Waals surface area contributed by atoms with Crippen LogP contribution in [0.15, 0.2) is 78.9 Å². The molecule has 0 bridgehead atoms. The molecule has 31 heavy (non-hydrogen) atoms. The van der Waals surface area contributed by atoms with E-state index in [-0.39, 0.29) is 5.82 Å². The third-order valence-corrected chi connectivity index (χ3v) is 5.69. The van der Waals surface area contributed by atoms with Gasteiger partial charge in [-0.15, -0.1) is 0 Å². The van der Waals surface area contributed by atoms with Crippen molar-refractivity contribution in [3.05, 3.63) is 101 Å². The molecular formula is C26H23F4N. The summed E-state index contributed by atoms with van der Waals surface area (Å²) >= 11 is 0. The SMILES string of the molecule is Fc1cc(CCN2CC=C(c3cccc(C(F)(F)F)c3)CC2)ccc1-c1ccccc1. The molecule has 3 aromatic carbocycles. The summed E-state index contributed by atoms with van der Waals surface area (Å²) in [6.45, 7) is 2.22. The number of hydrogen-bond acceptors (Lipinski definition) is 1. The van der Waals surface area contributed by atoms with Crippen molar-refractivity contribution in [2.75, 3.05) is 19.6 Å². The minimum Gasteiger partial charge on any atom is -0.299 e. The second-order valence-electron chi connectivity index (χ2n) is 7.79. The Hall–Kier alpha value is -2.92. The minimum absolute atomic E-state index is 0.228. The van der Waals surface area contributed by atoms with Crippen LogP contribution in [0.25, 0.3) is 16.7 Å². The lowest BCUT2D eigenvalue weighted by Crippen LogP contribution is -2.30. The van der Waals surface area contributed by atoms with Crippen LogP contribution in [0.5, 0.6) is 0 Å². The van der Waals surface area contributed by atoms with Gasteiger partial charge in [-0.3, -0.25) is 4.90 Å². The molecule has 0 N–H and O–H groups in total. The van der Waals surface area contributed by atoms with Gasteiger partial charge in [0, 0.05) is 25.2 Å². The number of hydrogen-bond donors (Lipinski definition) is 0. The highest BCUT2D eigenvalue weighted by atomic mass is 19.4. The zero-order chi connectivity index (χ0) is 21.8. The smallest absolute Gasteiger partial charge is 0.299 e. The molecule has 4 rings (SSSR count). The van der Waals surface area contributed by atoms with Crippen LogP contribution in [-0.2, 0) is 12.6 Å². The van der Waals surface area contributed by atoms with E-state index in [0.717, 1.165) is 42.3 Å². The van der Waals surface area contributed by atoms with Gasteiger partial charge in [0.25, 0.3) is 0 Å². The first kappa shape index (κ1) is 21.3. The maximum Gasteiger partial charge on any atom is 0.416 e. The number of rotatable bonds is 5. The molecule has 0 amide bonds. The summed E-state index contributed by atoms with van der Waals surface area (Å²) in [4.78, 5) is 2.24. The molecule has 3 aromatic rings. The Balaban J connectivity index is 1.36. The van der Waals surface area contributed by atoms with Crippen molar-refractivity contribution in [1.29, 1.82) is 0 Å². The van der Waals surface area contributed by atoms with E-state index >= 15 is 0 Å². The summed E-state index contributed by atoms with van der Waals surface area (Å²) < 4.78 is 53.4. The van der Waals surface area contributed by atoms with Crippen molar-refractivity contribution in [2.45, 2.75) is 19.0 Å². The first-order valence-electron chi connectivity index (χ1n) is 10.3. The van der Waals surface area contributed by atoms with Crippen LogP contribution < -0.4 is 0 Å². The molecule has 1 heterocycles. The Labute approximate surface area is 179 Å². The molecule has 1 aliphatic heterocycles. The average molecular weight is 425 g/mol. The maximum atomic E-state index is 14.6. The highest BCUT2D eigenvalue weighted by Crippen LogP contribution is 2.32. The van der Waals surface area contributed by atoms with Crippen molar-refractivity contribution in [3.63, 3.8) is 0 Å². The van der Waals surface area contributed by atoms with Gasteiger partial charge in [0.2, 0.25) is 0 Å². The van der Waals surface area contributed by atoms with Crippen LogP contribution in [-0.4, -0.2) is 24.5 Å². The fourth-order valence-corrected chi connectivity index (χ4v) is 3.92. The second-order valence-corrected chi connectivity index (χ2v) is 7.79. The molecule has 160 valence electrons. The van der Waals surface area contributed by atoms with Gasteiger partial charge in [0.15, 0.2) is 0 Å². The predicted molar refractivity (Wildman–Crippen MR) is 116 cm³/mol. The van der Waals surface area contributed by atoms with E-state index in [1.165, 1.54) is 12.1 Å². The van der Waals surface area contributed by atoms with Gasteiger partial charge in [0.1, 0.15) is 5.82 Å². The first-order valence-corrected chi connectivity index (χ1v) is 10.3. The highest BCUT2D eigenvalue weighted by molar-refractivity contribution is 5.67. The zero-order valence-electron chi connectivity index (χ0n) is 17.0. The van der Waals surface area contributed by atoms with E-state index in [2.05, 4.69) is 4.90 Å². The lowest BCUT2D eigenvalue weighted by molar-refractivity contribution is -0.137. The standard InChI is InChI=1S/C26H23F4N/c27-25-17-19(9-10-24(25)21-5-2-1-3-6-21)11-14-31-15-12-20(13-16-31)22-7-4-8-23(18-22)26(28,29)30/h1-10,12,17-18H,11,13-16H2. The Morgan fingerprint density at radius 1 is 0.839 bits per heavy atom. The Morgan fingerprint density at radius 3 is 2.29 bits per heavy atom. The van der Waals surface area contributed by atoms with Gasteiger partial charge in [-0.25, -0.2) is 4.39 Å². The molecule has 0 aromatic heterocycles.